The van der Waals surface area contributed by atoms with Crippen molar-refractivity contribution in [1.29, 1.82) is 0 Å². The van der Waals surface area contributed by atoms with Crippen molar-refractivity contribution in [3.8, 4) is 0 Å². The molecule has 2 aromatic rings. The van der Waals surface area contributed by atoms with Crippen molar-refractivity contribution in [2.45, 2.75) is 71.2 Å². The standard InChI is InChI=1S/C30H40N4O8S/c1-23(2)15-20-28(35)33(32(43(3,39)40)22-25-16-18-26(19-17-25)34(37)38)27(13-9-12-24-10-5-4-6-11-24)30(36)31-42-29-14-7-8-21-41-29/h4-6,9-12,16-19,23,27,29H,7-8,13-15,20-22H2,1-3H3,(H,31,36)/t27?,29-/m0/s1. The number of sulfonamides is 1. The fourth-order valence-corrected chi connectivity index (χ4v) is 5.33. The Morgan fingerprint density at radius 2 is 1.84 bits per heavy atom. The van der Waals surface area contributed by atoms with Gasteiger partial charge >= 0.3 is 0 Å². The first kappa shape index (κ1) is 33.8. The number of rotatable bonds is 15. The van der Waals surface area contributed by atoms with Crippen LogP contribution >= 0.6 is 0 Å². The maximum absolute atomic E-state index is 13.8. The third-order valence-corrected chi connectivity index (χ3v) is 7.85. The average Bonchev–Trinajstić information content (AvgIpc) is 2.98. The van der Waals surface area contributed by atoms with E-state index in [0.717, 1.165) is 34.1 Å². The van der Waals surface area contributed by atoms with Gasteiger partial charge in [-0.15, -0.1) is 4.41 Å². The van der Waals surface area contributed by atoms with E-state index in [4.69, 9.17) is 9.57 Å². The molecule has 0 aliphatic carbocycles. The monoisotopic (exact) mass is 616 g/mol. The van der Waals surface area contributed by atoms with Crippen LogP contribution in [-0.4, -0.2) is 59.8 Å². The summed E-state index contributed by atoms with van der Waals surface area (Å²) in [6.45, 7) is 4.03. The molecule has 2 aromatic carbocycles. The molecular weight excluding hydrogens is 576 g/mol. The predicted octanol–water partition coefficient (Wildman–Crippen LogP) is 4.58. The van der Waals surface area contributed by atoms with Gasteiger partial charge in [-0.05, 0) is 42.7 Å². The van der Waals surface area contributed by atoms with Crippen LogP contribution in [0.4, 0.5) is 5.69 Å². The number of hydrogen-bond acceptors (Lipinski definition) is 8. The second-order valence-electron chi connectivity index (χ2n) is 10.8. The third kappa shape index (κ3) is 10.8. The maximum atomic E-state index is 13.8. The fraction of sp³-hybridized carbons (Fsp3) is 0.467. The highest BCUT2D eigenvalue weighted by Crippen LogP contribution is 2.23. The molecule has 2 atom stereocenters. The van der Waals surface area contributed by atoms with Gasteiger partial charge in [-0.3, -0.25) is 19.7 Å². The molecule has 1 unspecified atom stereocenters. The van der Waals surface area contributed by atoms with Crippen LogP contribution in [0.1, 0.15) is 63.5 Å². The van der Waals surface area contributed by atoms with E-state index in [-0.39, 0.29) is 31.0 Å². The van der Waals surface area contributed by atoms with Crippen LogP contribution in [0.25, 0.3) is 6.08 Å². The summed E-state index contributed by atoms with van der Waals surface area (Å²) in [7, 11) is -4.13. The third-order valence-electron chi connectivity index (χ3n) is 6.78. The fourth-order valence-electron chi connectivity index (χ4n) is 4.42. The number of carbonyl (C=O) groups is 2. The molecule has 2 amide bonds. The Bertz CT molecular complexity index is 1340. The number of hydrogen-bond donors (Lipinski definition) is 1. The lowest BCUT2D eigenvalue weighted by Crippen LogP contribution is -2.58. The number of hydroxylamine groups is 1. The summed E-state index contributed by atoms with van der Waals surface area (Å²) in [5, 5.41) is 12.1. The second-order valence-corrected chi connectivity index (χ2v) is 12.7. The van der Waals surface area contributed by atoms with Crippen LogP contribution in [0.5, 0.6) is 0 Å². The first-order chi connectivity index (χ1) is 20.5. The Kier molecular flexibility index (Phi) is 12.8. The maximum Gasteiger partial charge on any atom is 0.269 e. The van der Waals surface area contributed by atoms with E-state index in [0.29, 0.717) is 25.0 Å². The quantitative estimate of drug-likeness (QED) is 0.226. The second kappa shape index (κ2) is 16.3. The number of non-ortho nitro benzene ring substituents is 1. The minimum atomic E-state index is -4.13. The van der Waals surface area contributed by atoms with Gasteiger partial charge in [-0.25, -0.2) is 23.7 Å². The number of hydrazine groups is 1. The molecule has 1 saturated heterocycles. The highest BCUT2D eigenvalue weighted by Gasteiger charge is 2.38. The molecule has 234 valence electrons. The Morgan fingerprint density at radius 1 is 1.14 bits per heavy atom. The van der Waals surface area contributed by atoms with Crippen molar-refractivity contribution in [1.82, 2.24) is 14.9 Å². The molecular formula is C30H40N4O8S. The SMILES string of the molecule is CC(C)CCC(=O)N(C(CC=Cc1ccccc1)C(=O)NO[C@H]1CCCCO1)N(Cc1ccc([N+](=O)[O-])cc1)S(C)(=O)=O. The van der Waals surface area contributed by atoms with Crippen molar-refractivity contribution in [3.05, 3.63) is 81.9 Å². The molecule has 1 heterocycles. The van der Waals surface area contributed by atoms with Crippen LogP contribution in [0.15, 0.2) is 60.7 Å². The number of nitrogens with zero attached hydrogens (tertiary/aromatic N) is 3. The van der Waals surface area contributed by atoms with Crippen LogP contribution in [0.2, 0.25) is 0 Å². The number of nitro groups is 1. The molecule has 1 aliphatic rings. The molecule has 12 nitrogen and oxygen atoms in total. The topological polar surface area (TPSA) is 148 Å². The Morgan fingerprint density at radius 3 is 2.42 bits per heavy atom. The number of nitro benzene ring substituents is 1. The molecule has 0 aromatic heterocycles. The summed E-state index contributed by atoms with van der Waals surface area (Å²) in [6, 6.07) is 13.4. The van der Waals surface area contributed by atoms with E-state index < -0.39 is 39.1 Å². The molecule has 0 radical (unpaired) electrons. The molecule has 13 heteroatoms. The number of benzene rings is 2. The molecule has 3 rings (SSSR count). The summed E-state index contributed by atoms with van der Waals surface area (Å²) in [6.07, 6.45) is 6.51. The van der Waals surface area contributed by atoms with Crippen molar-refractivity contribution in [2.75, 3.05) is 12.9 Å². The van der Waals surface area contributed by atoms with E-state index in [1.807, 2.05) is 44.2 Å². The molecule has 1 fully saturated rings. The van der Waals surface area contributed by atoms with Crippen molar-refractivity contribution < 1.29 is 32.5 Å². The summed E-state index contributed by atoms with van der Waals surface area (Å²) in [5.41, 5.74) is 3.49. The number of ether oxygens (including phenoxy) is 1. The molecule has 0 spiro atoms. The lowest BCUT2D eigenvalue weighted by atomic mass is 10.1. The first-order valence-corrected chi connectivity index (χ1v) is 16.1. The zero-order chi connectivity index (χ0) is 31.4. The number of carbonyl (C=O) groups excluding carboxylic acids is 2. The Balaban J connectivity index is 2.00. The van der Waals surface area contributed by atoms with Crippen LogP contribution in [0.3, 0.4) is 0 Å². The molecule has 1 N–H and O–H groups in total. The molecule has 43 heavy (non-hydrogen) atoms. The summed E-state index contributed by atoms with van der Waals surface area (Å²) < 4.78 is 32.9. The highest BCUT2D eigenvalue weighted by atomic mass is 32.2. The van der Waals surface area contributed by atoms with Crippen molar-refractivity contribution >= 4 is 33.6 Å². The van der Waals surface area contributed by atoms with Gasteiger partial charge in [0, 0.05) is 31.6 Å². The van der Waals surface area contributed by atoms with E-state index in [1.165, 1.54) is 24.3 Å². The highest BCUT2D eigenvalue weighted by molar-refractivity contribution is 7.88. The Labute approximate surface area is 252 Å². The van der Waals surface area contributed by atoms with Gasteiger partial charge in [0.1, 0.15) is 6.04 Å². The van der Waals surface area contributed by atoms with Gasteiger partial charge in [0.2, 0.25) is 15.9 Å². The Hall–Kier alpha value is -3.65. The van der Waals surface area contributed by atoms with Gasteiger partial charge in [0.15, 0.2) is 6.29 Å². The lowest BCUT2D eigenvalue weighted by Gasteiger charge is -2.38. The van der Waals surface area contributed by atoms with E-state index in [9.17, 15) is 28.1 Å². The van der Waals surface area contributed by atoms with Crippen LogP contribution in [-0.2, 0) is 35.7 Å². The largest absolute Gasteiger partial charge is 0.350 e. The number of nitrogens with one attached hydrogen (secondary N) is 1. The van der Waals surface area contributed by atoms with E-state index >= 15 is 0 Å². The van der Waals surface area contributed by atoms with E-state index in [2.05, 4.69) is 5.48 Å². The van der Waals surface area contributed by atoms with Crippen LogP contribution in [0, 0.1) is 16.0 Å². The minimum absolute atomic E-state index is 0.0112. The van der Waals surface area contributed by atoms with Gasteiger partial charge < -0.3 is 4.74 Å². The van der Waals surface area contributed by atoms with Gasteiger partial charge in [-0.1, -0.05) is 68.5 Å². The minimum Gasteiger partial charge on any atom is -0.350 e. The smallest absolute Gasteiger partial charge is 0.269 e. The zero-order valence-electron chi connectivity index (χ0n) is 24.8. The molecule has 0 saturated carbocycles. The molecule has 0 bridgehead atoms. The normalized spacial score (nSPS) is 16.3. The summed E-state index contributed by atoms with van der Waals surface area (Å²) in [4.78, 5) is 43.6. The van der Waals surface area contributed by atoms with Gasteiger partial charge in [0.25, 0.3) is 11.6 Å². The van der Waals surface area contributed by atoms with Gasteiger partial charge in [0.05, 0.1) is 17.7 Å². The first-order valence-electron chi connectivity index (χ1n) is 14.3. The van der Waals surface area contributed by atoms with Crippen molar-refractivity contribution in [2.24, 2.45) is 5.92 Å². The predicted molar refractivity (Wildman–Crippen MR) is 161 cm³/mol. The van der Waals surface area contributed by atoms with Crippen LogP contribution < -0.4 is 5.48 Å². The summed E-state index contributed by atoms with van der Waals surface area (Å²) >= 11 is 0. The lowest BCUT2D eigenvalue weighted by molar-refractivity contribution is -0.384. The van der Waals surface area contributed by atoms with Crippen molar-refractivity contribution in [3.63, 3.8) is 0 Å². The van der Waals surface area contributed by atoms with Gasteiger partial charge in [-0.2, -0.15) is 0 Å². The molecule has 1 aliphatic heterocycles. The van der Waals surface area contributed by atoms with E-state index in [1.54, 1.807) is 12.2 Å². The number of amides is 2. The average molecular weight is 617 g/mol. The summed E-state index contributed by atoms with van der Waals surface area (Å²) in [5.74, 6) is -1.14. The zero-order valence-corrected chi connectivity index (χ0v) is 25.6.